The smallest absolute Gasteiger partial charge is 0.344 e. The van der Waals surface area contributed by atoms with Crippen LogP contribution in [0.2, 0.25) is 0 Å². The molecule has 1 aliphatic rings. The molecule has 1 atom stereocenters. The lowest BCUT2D eigenvalue weighted by Crippen LogP contribution is -2.41. The quantitative estimate of drug-likeness (QED) is 0.748. The van der Waals surface area contributed by atoms with Crippen LogP contribution >= 0.6 is 12.4 Å². The van der Waals surface area contributed by atoms with Crippen LogP contribution < -0.4 is 4.74 Å². The molecule has 1 saturated heterocycles. The average Bonchev–Trinajstić information content (AvgIpc) is 2.47. The SMILES string of the molecule is Cc1ccccc1OCC(=O)OC(C)CN1CCOCC1.Cl. The molecular weight excluding hydrogens is 306 g/mol. The second-order valence-electron chi connectivity index (χ2n) is 5.27. The molecule has 2 rings (SSSR count). The van der Waals surface area contributed by atoms with E-state index >= 15 is 0 Å². The maximum atomic E-state index is 11.8. The summed E-state index contributed by atoms with van der Waals surface area (Å²) in [5.74, 6) is 0.384. The number of para-hydroxylation sites is 1. The fourth-order valence-corrected chi connectivity index (χ4v) is 2.30. The van der Waals surface area contributed by atoms with Crippen LogP contribution in [0, 0.1) is 6.92 Å². The molecule has 124 valence electrons. The van der Waals surface area contributed by atoms with Crippen molar-refractivity contribution in [1.29, 1.82) is 0 Å². The zero-order valence-corrected chi connectivity index (χ0v) is 13.9. The first-order chi connectivity index (χ1) is 10.1. The molecule has 0 amide bonds. The van der Waals surface area contributed by atoms with Crippen LogP contribution in [0.4, 0.5) is 0 Å². The minimum absolute atomic E-state index is 0. The minimum Gasteiger partial charge on any atom is -0.482 e. The van der Waals surface area contributed by atoms with E-state index in [1.807, 2.05) is 38.1 Å². The van der Waals surface area contributed by atoms with Crippen molar-refractivity contribution in [3.63, 3.8) is 0 Å². The predicted molar refractivity (Wildman–Crippen MR) is 86.7 cm³/mol. The van der Waals surface area contributed by atoms with Gasteiger partial charge in [-0.05, 0) is 25.5 Å². The molecule has 0 N–H and O–H groups in total. The molecular formula is C16H24ClNO4. The number of aryl methyl sites for hydroxylation is 1. The van der Waals surface area contributed by atoms with Crippen molar-refractivity contribution >= 4 is 18.4 Å². The number of ether oxygens (including phenoxy) is 3. The number of carbonyl (C=O) groups excluding carboxylic acids is 1. The number of hydrogen-bond acceptors (Lipinski definition) is 5. The zero-order chi connectivity index (χ0) is 15.1. The van der Waals surface area contributed by atoms with Crippen molar-refractivity contribution in [2.45, 2.75) is 20.0 Å². The van der Waals surface area contributed by atoms with Gasteiger partial charge < -0.3 is 14.2 Å². The maximum absolute atomic E-state index is 11.8. The summed E-state index contributed by atoms with van der Waals surface area (Å²) >= 11 is 0. The van der Waals surface area contributed by atoms with E-state index in [1.165, 1.54) is 0 Å². The topological polar surface area (TPSA) is 48.0 Å². The van der Waals surface area contributed by atoms with Crippen LogP contribution in [0.1, 0.15) is 12.5 Å². The summed E-state index contributed by atoms with van der Waals surface area (Å²) in [5.41, 5.74) is 1.01. The summed E-state index contributed by atoms with van der Waals surface area (Å²) in [5, 5.41) is 0. The molecule has 0 radical (unpaired) electrons. The van der Waals surface area contributed by atoms with Gasteiger partial charge in [-0.25, -0.2) is 4.79 Å². The van der Waals surface area contributed by atoms with Crippen molar-refractivity contribution in [3.05, 3.63) is 29.8 Å². The molecule has 6 heteroatoms. The average molecular weight is 330 g/mol. The van der Waals surface area contributed by atoms with Crippen molar-refractivity contribution in [2.75, 3.05) is 39.5 Å². The molecule has 1 aliphatic heterocycles. The van der Waals surface area contributed by atoms with Crippen LogP contribution in [-0.4, -0.2) is 56.4 Å². The Morgan fingerprint density at radius 3 is 2.68 bits per heavy atom. The fourth-order valence-electron chi connectivity index (χ4n) is 2.30. The lowest BCUT2D eigenvalue weighted by Gasteiger charge is -2.28. The Morgan fingerprint density at radius 1 is 1.32 bits per heavy atom. The number of carbonyl (C=O) groups is 1. The van der Waals surface area contributed by atoms with Crippen LogP contribution in [0.3, 0.4) is 0 Å². The summed E-state index contributed by atoms with van der Waals surface area (Å²) in [6.45, 7) is 7.80. The molecule has 1 heterocycles. The number of esters is 1. The summed E-state index contributed by atoms with van der Waals surface area (Å²) < 4.78 is 16.1. The van der Waals surface area contributed by atoms with Crippen molar-refractivity contribution in [3.8, 4) is 5.75 Å². The fraction of sp³-hybridized carbons (Fsp3) is 0.562. The Morgan fingerprint density at radius 2 is 2.00 bits per heavy atom. The molecule has 1 aromatic rings. The van der Waals surface area contributed by atoms with E-state index in [4.69, 9.17) is 14.2 Å². The highest BCUT2D eigenvalue weighted by molar-refractivity contribution is 5.85. The van der Waals surface area contributed by atoms with Crippen molar-refractivity contribution in [2.24, 2.45) is 0 Å². The Balaban J connectivity index is 0.00000242. The number of hydrogen-bond donors (Lipinski definition) is 0. The first kappa shape index (κ1) is 18.7. The Hall–Kier alpha value is -1.30. The van der Waals surface area contributed by atoms with Crippen molar-refractivity contribution in [1.82, 2.24) is 4.90 Å². The van der Waals surface area contributed by atoms with Gasteiger partial charge in [0.2, 0.25) is 0 Å². The third-order valence-electron chi connectivity index (χ3n) is 3.39. The van der Waals surface area contributed by atoms with Crippen LogP contribution in [0.5, 0.6) is 5.75 Å². The molecule has 0 aliphatic carbocycles. The molecule has 5 nitrogen and oxygen atoms in total. The normalized spacial score (nSPS) is 16.5. The Kier molecular flexibility index (Phi) is 8.24. The number of morpholine rings is 1. The summed E-state index contributed by atoms with van der Waals surface area (Å²) in [7, 11) is 0. The predicted octanol–water partition coefficient (Wildman–Crippen LogP) is 2.06. The van der Waals surface area contributed by atoms with Gasteiger partial charge >= 0.3 is 5.97 Å². The molecule has 22 heavy (non-hydrogen) atoms. The zero-order valence-electron chi connectivity index (χ0n) is 13.1. The third-order valence-corrected chi connectivity index (χ3v) is 3.39. The minimum atomic E-state index is -0.334. The standard InChI is InChI=1S/C16H23NO4.ClH/c1-13-5-3-4-6-15(13)20-12-16(18)21-14(2)11-17-7-9-19-10-8-17;/h3-6,14H,7-12H2,1-2H3;1H. The van der Waals surface area contributed by atoms with Crippen molar-refractivity contribution < 1.29 is 19.0 Å². The number of rotatable bonds is 6. The van der Waals surface area contributed by atoms with E-state index < -0.39 is 0 Å². The summed E-state index contributed by atoms with van der Waals surface area (Å²) in [6, 6.07) is 7.61. The van der Waals surface area contributed by atoms with E-state index in [0.717, 1.165) is 44.2 Å². The summed E-state index contributed by atoms with van der Waals surface area (Å²) in [6.07, 6.45) is -0.143. The van der Waals surface area contributed by atoms with Gasteiger partial charge in [0.05, 0.1) is 13.2 Å². The van der Waals surface area contributed by atoms with Gasteiger partial charge in [-0.3, -0.25) is 4.90 Å². The molecule has 0 aromatic heterocycles. The van der Waals surface area contributed by atoms with Gasteiger partial charge in [0, 0.05) is 19.6 Å². The van der Waals surface area contributed by atoms with Gasteiger partial charge in [-0.15, -0.1) is 12.4 Å². The molecule has 0 spiro atoms. The maximum Gasteiger partial charge on any atom is 0.344 e. The number of halogens is 1. The molecule has 0 saturated carbocycles. The second kappa shape index (κ2) is 9.66. The van der Waals surface area contributed by atoms with Gasteiger partial charge in [-0.1, -0.05) is 18.2 Å². The van der Waals surface area contributed by atoms with Gasteiger partial charge in [0.15, 0.2) is 6.61 Å². The van der Waals surface area contributed by atoms with E-state index in [0.29, 0.717) is 0 Å². The highest BCUT2D eigenvalue weighted by Crippen LogP contribution is 2.16. The second-order valence-corrected chi connectivity index (χ2v) is 5.27. The number of nitrogens with zero attached hydrogens (tertiary/aromatic N) is 1. The van der Waals surface area contributed by atoms with E-state index in [1.54, 1.807) is 0 Å². The van der Waals surface area contributed by atoms with Gasteiger partial charge in [0.25, 0.3) is 0 Å². The third kappa shape index (κ3) is 6.22. The van der Waals surface area contributed by atoms with Gasteiger partial charge in [0.1, 0.15) is 11.9 Å². The van der Waals surface area contributed by atoms with E-state index in [9.17, 15) is 4.79 Å². The first-order valence-electron chi connectivity index (χ1n) is 7.33. The lowest BCUT2D eigenvalue weighted by atomic mass is 10.2. The molecule has 1 unspecified atom stereocenters. The van der Waals surface area contributed by atoms with Gasteiger partial charge in [-0.2, -0.15) is 0 Å². The first-order valence-corrected chi connectivity index (χ1v) is 7.33. The van der Waals surface area contributed by atoms with Crippen LogP contribution in [0.25, 0.3) is 0 Å². The van der Waals surface area contributed by atoms with Crippen LogP contribution in [0.15, 0.2) is 24.3 Å². The Labute approximate surface area is 137 Å². The highest BCUT2D eigenvalue weighted by atomic mass is 35.5. The molecule has 0 bridgehead atoms. The molecule has 1 aromatic carbocycles. The highest BCUT2D eigenvalue weighted by Gasteiger charge is 2.17. The monoisotopic (exact) mass is 329 g/mol. The lowest BCUT2D eigenvalue weighted by molar-refractivity contribution is -0.151. The number of benzene rings is 1. The van der Waals surface area contributed by atoms with Crippen LogP contribution in [-0.2, 0) is 14.3 Å². The van der Waals surface area contributed by atoms with E-state index in [2.05, 4.69) is 4.90 Å². The largest absolute Gasteiger partial charge is 0.482 e. The van der Waals surface area contributed by atoms with E-state index in [-0.39, 0.29) is 31.1 Å². The molecule has 1 fully saturated rings. The summed E-state index contributed by atoms with van der Waals surface area (Å²) in [4.78, 5) is 14.0. The Bertz CT molecular complexity index is 463.